The number of carbonyl (C=O) groups excluding carboxylic acids is 1. The monoisotopic (exact) mass is 331 g/mol. The molecule has 23 heavy (non-hydrogen) atoms. The van der Waals surface area contributed by atoms with Gasteiger partial charge in [0.1, 0.15) is 6.04 Å². The summed E-state index contributed by atoms with van der Waals surface area (Å²) in [5.74, 6) is 0.490. The maximum absolute atomic E-state index is 12.1. The zero-order chi connectivity index (χ0) is 16.7. The minimum atomic E-state index is 0.0338. The third kappa shape index (κ3) is 5.70. The fourth-order valence-corrected chi connectivity index (χ4v) is 2.84. The van der Waals surface area contributed by atoms with E-state index in [9.17, 15) is 4.79 Å². The number of benzene rings is 2. The van der Waals surface area contributed by atoms with Crippen LogP contribution < -0.4 is 10.6 Å². The van der Waals surface area contributed by atoms with Gasteiger partial charge in [0.05, 0.1) is 0 Å². The number of hydrogen-bond donors (Lipinski definition) is 2. The van der Waals surface area contributed by atoms with Gasteiger partial charge in [0.25, 0.3) is 5.91 Å². The largest absolute Gasteiger partial charge is 0.347 e. The van der Waals surface area contributed by atoms with Crippen molar-refractivity contribution in [1.82, 2.24) is 5.32 Å². The van der Waals surface area contributed by atoms with Gasteiger partial charge in [-0.3, -0.25) is 4.79 Å². The van der Waals surface area contributed by atoms with Crippen LogP contribution in [-0.2, 0) is 11.3 Å². The molecule has 0 unspecified atom stereocenters. The summed E-state index contributed by atoms with van der Waals surface area (Å²) in [6.07, 6.45) is 0. The molecule has 0 radical (unpaired) electrons. The smallest absolute Gasteiger partial charge is 0.275 e. The van der Waals surface area contributed by atoms with Crippen LogP contribution in [0.2, 0.25) is 5.02 Å². The van der Waals surface area contributed by atoms with Crippen molar-refractivity contribution in [3.63, 3.8) is 0 Å². The Morgan fingerprint density at radius 2 is 1.87 bits per heavy atom. The lowest BCUT2D eigenvalue weighted by atomic mass is 9.96. The fourth-order valence-electron chi connectivity index (χ4n) is 2.62. The molecule has 2 aromatic rings. The predicted octanol–water partition coefficient (Wildman–Crippen LogP) is 2.92. The van der Waals surface area contributed by atoms with Crippen LogP contribution >= 0.6 is 11.6 Å². The van der Waals surface area contributed by atoms with Crippen molar-refractivity contribution in [3.8, 4) is 0 Å². The zero-order valence-electron chi connectivity index (χ0n) is 13.6. The molecule has 0 heterocycles. The van der Waals surface area contributed by atoms with Crippen molar-refractivity contribution in [2.45, 2.75) is 26.4 Å². The Morgan fingerprint density at radius 1 is 1.13 bits per heavy atom. The summed E-state index contributed by atoms with van der Waals surface area (Å²) >= 11 is 5.95. The number of rotatable bonds is 7. The Bertz CT molecular complexity index is 628. The van der Waals surface area contributed by atoms with Crippen LogP contribution in [0.1, 0.15) is 31.0 Å². The van der Waals surface area contributed by atoms with Gasteiger partial charge in [-0.25, -0.2) is 0 Å². The van der Waals surface area contributed by atoms with E-state index in [4.69, 9.17) is 11.6 Å². The molecule has 0 aromatic heterocycles. The molecule has 0 bridgehead atoms. The summed E-state index contributed by atoms with van der Waals surface area (Å²) in [5, 5.41) is 5.73. The Hall–Kier alpha value is -1.84. The van der Waals surface area contributed by atoms with Gasteiger partial charge in [0.2, 0.25) is 0 Å². The van der Waals surface area contributed by atoms with Crippen LogP contribution in [0.4, 0.5) is 0 Å². The highest BCUT2D eigenvalue weighted by Crippen LogP contribution is 2.16. The molecule has 0 spiro atoms. The van der Waals surface area contributed by atoms with E-state index in [1.54, 1.807) is 0 Å². The minimum Gasteiger partial charge on any atom is -0.347 e. The van der Waals surface area contributed by atoms with Gasteiger partial charge in [-0.15, -0.1) is 0 Å². The van der Waals surface area contributed by atoms with E-state index < -0.39 is 0 Å². The summed E-state index contributed by atoms with van der Waals surface area (Å²) in [6, 6.07) is 18.1. The lowest BCUT2D eigenvalue weighted by molar-refractivity contribution is -0.692. The van der Waals surface area contributed by atoms with Crippen LogP contribution in [0, 0.1) is 5.92 Å². The molecule has 3 nitrogen and oxygen atoms in total. The Balaban J connectivity index is 1.85. The number of hydrogen-bond acceptors (Lipinski definition) is 1. The van der Waals surface area contributed by atoms with Crippen LogP contribution in [0.25, 0.3) is 0 Å². The fraction of sp³-hybridized carbons (Fsp3) is 0.316. The summed E-state index contributed by atoms with van der Waals surface area (Å²) in [4.78, 5) is 12.1. The van der Waals surface area contributed by atoms with Gasteiger partial charge in [-0.1, -0.05) is 67.9 Å². The van der Waals surface area contributed by atoms with Crippen molar-refractivity contribution in [2.24, 2.45) is 5.92 Å². The average molecular weight is 332 g/mol. The van der Waals surface area contributed by atoms with E-state index in [1.807, 2.05) is 42.5 Å². The molecule has 2 rings (SSSR count). The molecule has 0 aliphatic heterocycles. The Labute approximate surface area is 143 Å². The van der Waals surface area contributed by atoms with Crippen molar-refractivity contribution in [1.29, 1.82) is 0 Å². The molecular weight excluding hydrogens is 308 g/mol. The first-order valence-corrected chi connectivity index (χ1v) is 8.33. The standard InChI is InChI=1S/C19H23ClN2O/c1-14(2)19(16-8-4-3-5-9-16)22-13-18(23)21-12-15-7-6-10-17(20)11-15/h3-11,14,19,22H,12-13H2,1-2H3,(H,21,23)/p+1/t19-/m1/s1. The van der Waals surface area contributed by atoms with E-state index in [0.717, 1.165) is 5.56 Å². The maximum atomic E-state index is 12.1. The SMILES string of the molecule is CC(C)[C@@H]([NH2+]CC(=O)NCc1cccc(Cl)c1)c1ccccc1. The van der Waals surface area contributed by atoms with E-state index >= 15 is 0 Å². The molecule has 0 aliphatic carbocycles. The topological polar surface area (TPSA) is 45.7 Å². The molecule has 0 aliphatic rings. The lowest BCUT2D eigenvalue weighted by Gasteiger charge is -2.19. The highest BCUT2D eigenvalue weighted by atomic mass is 35.5. The number of nitrogens with two attached hydrogens (primary N) is 1. The first-order valence-electron chi connectivity index (χ1n) is 7.95. The van der Waals surface area contributed by atoms with Gasteiger partial charge in [-0.2, -0.15) is 0 Å². The quantitative estimate of drug-likeness (QED) is 0.805. The molecule has 0 saturated heterocycles. The second kappa shape index (κ2) is 8.70. The van der Waals surface area contributed by atoms with Gasteiger partial charge in [0, 0.05) is 23.0 Å². The third-order valence-electron chi connectivity index (χ3n) is 3.84. The van der Waals surface area contributed by atoms with Crippen LogP contribution in [0.5, 0.6) is 0 Å². The average Bonchev–Trinajstić information content (AvgIpc) is 2.54. The minimum absolute atomic E-state index is 0.0338. The second-order valence-electron chi connectivity index (χ2n) is 6.03. The molecule has 0 fully saturated rings. The molecule has 122 valence electrons. The molecule has 2 aromatic carbocycles. The normalized spacial score (nSPS) is 12.2. The molecule has 0 saturated carbocycles. The number of nitrogens with one attached hydrogen (secondary N) is 1. The number of halogens is 1. The van der Waals surface area contributed by atoms with Crippen LogP contribution in [0.15, 0.2) is 54.6 Å². The Kier molecular flexibility index (Phi) is 6.63. The maximum Gasteiger partial charge on any atom is 0.275 e. The summed E-state index contributed by atoms with van der Waals surface area (Å²) in [5.41, 5.74) is 2.26. The molecular formula is C19H24ClN2O+. The molecule has 1 amide bonds. The van der Waals surface area contributed by atoms with Gasteiger partial charge < -0.3 is 10.6 Å². The number of quaternary nitrogens is 1. The van der Waals surface area contributed by atoms with E-state index in [2.05, 4.69) is 36.6 Å². The third-order valence-corrected chi connectivity index (χ3v) is 4.07. The molecule has 3 N–H and O–H groups in total. The number of carbonyl (C=O) groups is 1. The van der Waals surface area contributed by atoms with Gasteiger partial charge in [0.15, 0.2) is 6.54 Å². The zero-order valence-corrected chi connectivity index (χ0v) is 14.4. The summed E-state index contributed by atoms with van der Waals surface area (Å²) in [7, 11) is 0. The van der Waals surface area contributed by atoms with E-state index in [-0.39, 0.29) is 11.9 Å². The van der Waals surface area contributed by atoms with Crippen LogP contribution in [0.3, 0.4) is 0 Å². The highest BCUT2D eigenvalue weighted by Gasteiger charge is 2.19. The first-order chi connectivity index (χ1) is 11.1. The van der Waals surface area contributed by atoms with Gasteiger partial charge >= 0.3 is 0 Å². The predicted molar refractivity (Wildman–Crippen MR) is 94.1 cm³/mol. The Morgan fingerprint density at radius 3 is 2.52 bits per heavy atom. The van der Waals surface area contributed by atoms with Crippen molar-refractivity contribution in [2.75, 3.05) is 6.54 Å². The summed E-state index contributed by atoms with van der Waals surface area (Å²) < 4.78 is 0. The summed E-state index contributed by atoms with van der Waals surface area (Å²) in [6.45, 7) is 5.28. The molecule has 1 atom stereocenters. The lowest BCUT2D eigenvalue weighted by Crippen LogP contribution is -2.88. The van der Waals surface area contributed by atoms with E-state index in [1.165, 1.54) is 5.56 Å². The van der Waals surface area contributed by atoms with Crippen molar-refractivity contribution >= 4 is 17.5 Å². The van der Waals surface area contributed by atoms with E-state index in [0.29, 0.717) is 24.0 Å². The van der Waals surface area contributed by atoms with Gasteiger partial charge in [-0.05, 0) is 17.7 Å². The first kappa shape index (κ1) is 17.5. The molecule has 4 heteroatoms. The van der Waals surface area contributed by atoms with Crippen molar-refractivity contribution < 1.29 is 10.1 Å². The number of amides is 1. The highest BCUT2D eigenvalue weighted by molar-refractivity contribution is 6.30. The second-order valence-corrected chi connectivity index (χ2v) is 6.46. The van der Waals surface area contributed by atoms with Crippen molar-refractivity contribution in [3.05, 3.63) is 70.7 Å². The van der Waals surface area contributed by atoms with Crippen LogP contribution in [-0.4, -0.2) is 12.5 Å².